The van der Waals surface area contributed by atoms with Crippen molar-refractivity contribution in [3.8, 4) is 11.5 Å². The maximum Gasteiger partial charge on any atom is 0.297 e. The number of aryl methyl sites for hydroxylation is 1. The molecule has 26 heavy (non-hydrogen) atoms. The summed E-state index contributed by atoms with van der Waals surface area (Å²) in [6.07, 6.45) is 3.11. The molecule has 1 aliphatic rings. The van der Waals surface area contributed by atoms with E-state index >= 15 is 0 Å². The molecule has 0 amide bonds. The number of benzene rings is 2. The first kappa shape index (κ1) is 18.3. The van der Waals surface area contributed by atoms with Crippen LogP contribution in [0.15, 0.2) is 47.4 Å². The molecule has 2 aromatic rings. The molecule has 7 heteroatoms. The highest BCUT2D eigenvalue weighted by Crippen LogP contribution is 2.39. The van der Waals surface area contributed by atoms with Crippen LogP contribution in [-0.4, -0.2) is 27.7 Å². The lowest BCUT2D eigenvalue weighted by molar-refractivity contribution is 0.0553. The Labute approximate surface area is 153 Å². The summed E-state index contributed by atoms with van der Waals surface area (Å²) in [5.74, 6) is 1.07. The number of nitrogen functional groups attached to an aromatic ring is 1. The number of anilines is 1. The van der Waals surface area contributed by atoms with Crippen LogP contribution in [0.2, 0.25) is 0 Å². The van der Waals surface area contributed by atoms with Crippen molar-refractivity contribution >= 4 is 21.9 Å². The fourth-order valence-electron chi connectivity index (χ4n) is 2.57. The van der Waals surface area contributed by atoms with E-state index < -0.39 is 16.2 Å². The molecular formula is C19H21NO5S. The molecule has 1 atom stereocenters. The van der Waals surface area contributed by atoms with Crippen LogP contribution in [0.3, 0.4) is 0 Å². The van der Waals surface area contributed by atoms with Gasteiger partial charge in [0.1, 0.15) is 13.2 Å². The molecule has 138 valence electrons. The van der Waals surface area contributed by atoms with Crippen LogP contribution in [0.1, 0.15) is 18.1 Å². The third kappa shape index (κ3) is 3.84. The first-order chi connectivity index (χ1) is 12.4. The molecule has 1 unspecified atom stereocenters. The highest BCUT2D eigenvalue weighted by atomic mass is 32.2. The summed E-state index contributed by atoms with van der Waals surface area (Å²) in [5, 5.41) is 0. The van der Waals surface area contributed by atoms with Gasteiger partial charge in [0.15, 0.2) is 17.6 Å². The predicted molar refractivity (Wildman–Crippen MR) is 99.8 cm³/mol. The zero-order valence-corrected chi connectivity index (χ0v) is 15.5. The maximum atomic E-state index is 12.3. The summed E-state index contributed by atoms with van der Waals surface area (Å²) in [5.41, 5.74) is 8.22. The van der Waals surface area contributed by atoms with E-state index in [0.29, 0.717) is 22.7 Å². The van der Waals surface area contributed by atoms with E-state index in [4.69, 9.17) is 19.4 Å². The lowest BCUT2D eigenvalue weighted by Crippen LogP contribution is -2.34. The molecule has 6 nitrogen and oxygen atoms in total. The molecule has 2 aromatic carbocycles. The molecule has 0 fully saturated rings. The molecule has 0 saturated carbocycles. The van der Waals surface area contributed by atoms with Gasteiger partial charge < -0.3 is 15.2 Å². The molecule has 1 aliphatic heterocycles. The molecule has 2 N–H and O–H groups in total. The molecule has 0 spiro atoms. The minimum atomic E-state index is -3.86. The highest BCUT2D eigenvalue weighted by Gasteiger charge is 2.26. The first-order valence-corrected chi connectivity index (χ1v) is 9.62. The molecule has 1 heterocycles. The molecule has 0 aromatic heterocycles. The largest absolute Gasteiger partial charge is 0.486 e. The van der Waals surface area contributed by atoms with Crippen molar-refractivity contribution in [1.82, 2.24) is 0 Å². The Hall–Kier alpha value is -2.51. The quantitative estimate of drug-likeness (QED) is 0.638. The Kier molecular flexibility index (Phi) is 5.20. The minimum Gasteiger partial charge on any atom is -0.486 e. The van der Waals surface area contributed by atoms with Crippen LogP contribution < -0.4 is 15.2 Å². The number of nitrogens with two attached hydrogens (primary N) is 1. The zero-order chi connectivity index (χ0) is 18.7. The van der Waals surface area contributed by atoms with Crippen LogP contribution in [0.4, 0.5) is 5.69 Å². The summed E-state index contributed by atoms with van der Waals surface area (Å²) in [6.45, 7) is 3.79. The topological polar surface area (TPSA) is 87.9 Å². The van der Waals surface area contributed by atoms with Crippen molar-refractivity contribution in [3.05, 3.63) is 53.6 Å². The molecular weight excluding hydrogens is 354 g/mol. The van der Waals surface area contributed by atoms with Crippen LogP contribution in [0.25, 0.3) is 6.08 Å². The Bertz CT molecular complexity index is 920. The molecule has 0 aliphatic carbocycles. The second kappa shape index (κ2) is 7.39. The van der Waals surface area contributed by atoms with Crippen LogP contribution in [-0.2, 0) is 14.3 Å². The molecule has 0 saturated heterocycles. The summed E-state index contributed by atoms with van der Waals surface area (Å²) in [4.78, 5) is 0.110. The summed E-state index contributed by atoms with van der Waals surface area (Å²) in [7, 11) is -3.86. The standard InChI is InChI=1S/C19H21NO5S/c1-3-4-16-17(20)9-10-18-19(16)25-14(11-23-18)12-24-26(21,22)15-7-5-13(2)6-8-15/h3-10,14H,11-12,20H2,1-2H3/b4-3-. The number of ether oxygens (including phenoxy) is 2. The van der Waals surface area contributed by atoms with Crippen molar-refractivity contribution in [1.29, 1.82) is 0 Å². The monoisotopic (exact) mass is 375 g/mol. The average molecular weight is 375 g/mol. The van der Waals surface area contributed by atoms with Gasteiger partial charge in [-0.15, -0.1) is 0 Å². The van der Waals surface area contributed by atoms with Gasteiger partial charge in [-0.05, 0) is 38.1 Å². The Balaban J connectivity index is 1.73. The van der Waals surface area contributed by atoms with E-state index in [9.17, 15) is 8.42 Å². The predicted octanol–water partition coefficient (Wildman–Crippen LogP) is 3.16. The van der Waals surface area contributed by atoms with E-state index in [1.807, 2.05) is 26.0 Å². The SMILES string of the molecule is C/C=C\c1c(N)ccc2c1OC(COS(=O)(=O)c1ccc(C)cc1)CO2. The number of allylic oxidation sites excluding steroid dienone is 1. The van der Waals surface area contributed by atoms with Gasteiger partial charge >= 0.3 is 0 Å². The van der Waals surface area contributed by atoms with Crippen molar-refractivity contribution < 1.29 is 22.1 Å². The van der Waals surface area contributed by atoms with E-state index in [1.54, 1.807) is 24.3 Å². The Morgan fingerprint density at radius 2 is 1.96 bits per heavy atom. The third-order valence-corrected chi connectivity index (χ3v) is 5.25. The molecule has 0 bridgehead atoms. The normalized spacial score (nSPS) is 16.8. The van der Waals surface area contributed by atoms with Gasteiger partial charge in [0.25, 0.3) is 10.1 Å². The Morgan fingerprint density at radius 3 is 2.65 bits per heavy atom. The maximum absolute atomic E-state index is 12.3. The van der Waals surface area contributed by atoms with E-state index in [0.717, 1.165) is 5.56 Å². The van der Waals surface area contributed by atoms with Gasteiger partial charge in [-0.1, -0.05) is 29.8 Å². The summed E-state index contributed by atoms with van der Waals surface area (Å²) in [6, 6.07) is 9.96. The average Bonchev–Trinajstić information content (AvgIpc) is 2.63. The van der Waals surface area contributed by atoms with E-state index in [1.165, 1.54) is 12.1 Å². The Morgan fingerprint density at radius 1 is 1.23 bits per heavy atom. The van der Waals surface area contributed by atoms with Gasteiger partial charge in [-0.3, -0.25) is 4.18 Å². The van der Waals surface area contributed by atoms with Crippen molar-refractivity contribution in [3.63, 3.8) is 0 Å². The minimum absolute atomic E-state index is 0.110. The number of rotatable bonds is 5. The third-order valence-electron chi connectivity index (χ3n) is 3.96. The fraction of sp³-hybridized carbons (Fsp3) is 0.263. The van der Waals surface area contributed by atoms with Gasteiger partial charge in [-0.25, -0.2) is 0 Å². The smallest absolute Gasteiger partial charge is 0.297 e. The zero-order valence-electron chi connectivity index (χ0n) is 14.6. The lowest BCUT2D eigenvalue weighted by Gasteiger charge is -2.28. The number of hydrogen-bond acceptors (Lipinski definition) is 6. The second-order valence-electron chi connectivity index (χ2n) is 6.00. The van der Waals surface area contributed by atoms with Gasteiger partial charge in [-0.2, -0.15) is 8.42 Å². The van der Waals surface area contributed by atoms with Crippen molar-refractivity contribution in [2.24, 2.45) is 0 Å². The van der Waals surface area contributed by atoms with Crippen LogP contribution in [0, 0.1) is 6.92 Å². The molecule has 0 radical (unpaired) electrons. The first-order valence-electron chi connectivity index (χ1n) is 8.21. The molecule has 3 rings (SSSR count). The van der Waals surface area contributed by atoms with Gasteiger partial charge in [0.05, 0.1) is 4.90 Å². The van der Waals surface area contributed by atoms with Crippen LogP contribution in [0.5, 0.6) is 11.5 Å². The lowest BCUT2D eigenvalue weighted by atomic mass is 10.1. The van der Waals surface area contributed by atoms with Gasteiger partial charge in [0.2, 0.25) is 0 Å². The van der Waals surface area contributed by atoms with E-state index in [2.05, 4.69) is 0 Å². The highest BCUT2D eigenvalue weighted by molar-refractivity contribution is 7.86. The number of fused-ring (bicyclic) bond motifs is 1. The van der Waals surface area contributed by atoms with Crippen LogP contribution >= 0.6 is 0 Å². The second-order valence-corrected chi connectivity index (χ2v) is 7.61. The summed E-state index contributed by atoms with van der Waals surface area (Å²) >= 11 is 0. The summed E-state index contributed by atoms with van der Waals surface area (Å²) < 4.78 is 41.3. The number of hydrogen-bond donors (Lipinski definition) is 1. The van der Waals surface area contributed by atoms with Crippen molar-refractivity contribution in [2.45, 2.75) is 24.8 Å². The fourth-order valence-corrected chi connectivity index (χ4v) is 3.51. The van der Waals surface area contributed by atoms with Gasteiger partial charge in [0, 0.05) is 11.3 Å². The van der Waals surface area contributed by atoms with E-state index in [-0.39, 0.29) is 18.1 Å². The van der Waals surface area contributed by atoms with Crippen molar-refractivity contribution in [2.75, 3.05) is 18.9 Å².